The average molecular weight is 465 g/mol. The van der Waals surface area contributed by atoms with Crippen molar-refractivity contribution in [1.29, 1.82) is 0 Å². The second-order valence-electron chi connectivity index (χ2n) is 7.42. The monoisotopic (exact) mass is 464 g/mol. The Kier molecular flexibility index (Phi) is 6.74. The van der Waals surface area contributed by atoms with Crippen LogP contribution in [0.15, 0.2) is 58.5 Å². The van der Waals surface area contributed by atoms with Crippen molar-refractivity contribution in [2.24, 2.45) is 7.05 Å². The fraction of sp³-hybridized carbons (Fsp3) is 0.261. The standard InChI is InChI=1S/C23H24N6O3S/c1-14(20-25-18-7-5-4-6-17(18)22(31)26-20)33-23-28-27-19(29(23)2)12-13-24-21(30)15-8-10-16(32-3)11-9-15/h4-11,14H,12-13H2,1-3H3,(H,24,30)(H,25,26,31)/t14-/m1/s1. The second-order valence-corrected chi connectivity index (χ2v) is 8.73. The Hall–Kier alpha value is -3.66. The number of benzene rings is 2. The molecule has 0 aliphatic rings. The van der Waals surface area contributed by atoms with Crippen molar-refractivity contribution in [2.75, 3.05) is 13.7 Å². The molecule has 0 aliphatic heterocycles. The number of carbonyl (C=O) groups excluding carboxylic acids is 1. The summed E-state index contributed by atoms with van der Waals surface area (Å²) in [6.45, 7) is 2.39. The van der Waals surface area contributed by atoms with E-state index in [0.29, 0.717) is 46.2 Å². The first-order chi connectivity index (χ1) is 16.0. The number of ether oxygens (including phenoxy) is 1. The lowest BCUT2D eigenvalue weighted by Gasteiger charge is -2.11. The minimum absolute atomic E-state index is 0.132. The molecule has 4 rings (SSSR count). The molecule has 0 unspecified atom stereocenters. The van der Waals surface area contributed by atoms with Gasteiger partial charge in [0, 0.05) is 25.6 Å². The number of hydrogen-bond donors (Lipinski definition) is 2. The highest BCUT2D eigenvalue weighted by Gasteiger charge is 2.17. The number of fused-ring (bicyclic) bond motifs is 1. The SMILES string of the molecule is COc1ccc(C(=O)NCCc2nnc(S[C@H](C)c3nc4ccccc4c(=O)[nH]3)n2C)cc1. The molecule has 9 nitrogen and oxygen atoms in total. The number of aromatic amines is 1. The van der Waals surface area contributed by atoms with Crippen molar-refractivity contribution in [1.82, 2.24) is 30.0 Å². The fourth-order valence-electron chi connectivity index (χ4n) is 3.31. The van der Waals surface area contributed by atoms with Crippen LogP contribution >= 0.6 is 11.8 Å². The van der Waals surface area contributed by atoms with Crippen LogP contribution in [0.2, 0.25) is 0 Å². The van der Waals surface area contributed by atoms with Gasteiger partial charge in [-0.3, -0.25) is 9.59 Å². The third kappa shape index (κ3) is 5.06. The summed E-state index contributed by atoms with van der Waals surface area (Å²) in [6, 6.07) is 14.2. The Balaban J connectivity index is 1.37. The van der Waals surface area contributed by atoms with Crippen LogP contribution in [0.3, 0.4) is 0 Å². The molecule has 4 aromatic rings. The number of nitrogens with one attached hydrogen (secondary N) is 2. The number of H-pyrrole nitrogens is 1. The summed E-state index contributed by atoms with van der Waals surface area (Å²) in [6.07, 6.45) is 0.533. The van der Waals surface area contributed by atoms with Gasteiger partial charge >= 0.3 is 0 Å². The molecule has 0 saturated carbocycles. The van der Waals surface area contributed by atoms with Gasteiger partial charge in [-0.05, 0) is 43.3 Å². The van der Waals surface area contributed by atoms with Crippen LogP contribution in [0, 0.1) is 0 Å². The summed E-state index contributed by atoms with van der Waals surface area (Å²) in [4.78, 5) is 32.1. The molecular formula is C23H24N6O3S. The topological polar surface area (TPSA) is 115 Å². The number of hydrogen-bond acceptors (Lipinski definition) is 7. The summed E-state index contributed by atoms with van der Waals surface area (Å²) < 4.78 is 7.00. The number of methoxy groups -OCH3 is 1. The average Bonchev–Trinajstić information content (AvgIpc) is 3.18. The van der Waals surface area contributed by atoms with Crippen molar-refractivity contribution in [3.8, 4) is 5.75 Å². The van der Waals surface area contributed by atoms with E-state index in [1.807, 2.05) is 36.7 Å². The zero-order chi connectivity index (χ0) is 23.4. The Morgan fingerprint density at radius 1 is 1.18 bits per heavy atom. The number of carbonyl (C=O) groups is 1. The van der Waals surface area contributed by atoms with Crippen LogP contribution in [0.5, 0.6) is 5.75 Å². The number of nitrogens with zero attached hydrogens (tertiary/aromatic N) is 4. The summed E-state index contributed by atoms with van der Waals surface area (Å²) in [5.74, 6) is 1.88. The van der Waals surface area contributed by atoms with Gasteiger partial charge in [-0.2, -0.15) is 0 Å². The van der Waals surface area contributed by atoms with Gasteiger partial charge in [-0.25, -0.2) is 4.98 Å². The van der Waals surface area contributed by atoms with Gasteiger partial charge in [0.15, 0.2) is 5.16 Å². The molecule has 0 aliphatic carbocycles. The summed E-state index contributed by atoms with van der Waals surface area (Å²) in [5.41, 5.74) is 1.07. The number of thioether (sulfide) groups is 1. The molecule has 10 heteroatoms. The van der Waals surface area contributed by atoms with Crippen LogP contribution < -0.4 is 15.6 Å². The molecule has 2 N–H and O–H groups in total. The van der Waals surface area contributed by atoms with E-state index in [1.165, 1.54) is 11.8 Å². The maximum absolute atomic E-state index is 12.4. The minimum atomic E-state index is -0.158. The lowest BCUT2D eigenvalue weighted by atomic mass is 10.2. The third-order valence-corrected chi connectivity index (χ3v) is 6.35. The van der Waals surface area contributed by atoms with Crippen LogP contribution in [-0.2, 0) is 13.5 Å². The molecular weight excluding hydrogens is 440 g/mol. The van der Waals surface area contributed by atoms with E-state index < -0.39 is 0 Å². The largest absolute Gasteiger partial charge is 0.497 e. The van der Waals surface area contributed by atoms with Gasteiger partial charge in [0.2, 0.25) is 0 Å². The fourth-order valence-corrected chi connectivity index (χ4v) is 4.20. The predicted octanol–water partition coefficient (Wildman–Crippen LogP) is 2.89. The third-order valence-electron chi connectivity index (χ3n) is 5.21. The van der Waals surface area contributed by atoms with Crippen LogP contribution in [-0.4, -0.2) is 44.3 Å². The highest BCUT2D eigenvalue weighted by molar-refractivity contribution is 7.99. The molecule has 2 aromatic carbocycles. The molecule has 2 heterocycles. The van der Waals surface area contributed by atoms with E-state index >= 15 is 0 Å². The van der Waals surface area contributed by atoms with Crippen molar-refractivity contribution in [3.05, 3.63) is 76.1 Å². The van der Waals surface area contributed by atoms with E-state index in [9.17, 15) is 9.59 Å². The normalized spacial score (nSPS) is 12.0. The van der Waals surface area contributed by atoms with Crippen molar-refractivity contribution >= 4 is 28.6 Å². The molecule has 0 spiro atoms. The summed E-state index contributed by atoms with van der Waals surface area (Å²) in [5, 5.41) is 12.6. The predicted molar refractivity (Wildman–Crippen MR) is 127 cm³/mol. The van der Waals surface area contributed by atoms with E-state index in [1.54, 1.807) is 37.4 Å². The van der Waals surface area contributed by atoms with E-state index in [0.717, 1.165) is 5.82 Å². The molecule has 0 radical (unpaired) electrons. The van der Waals surface area contributed by atoms with Gasteiger partial charge in [-0.1, -0.05) is 23.9 Å². The number of aromatic nitrogens is 5. The van der Waals surface area contributed by atoms with Crippen molar-refractivity contribution in [3.63, 3.8) is 0 Å². The van der Waals surface area contributed by atoms with Crippen LogP contribution in [0.4, 0.5) is 0 Å². The zero-order valence-corrected chi connectivity index (χ0v) is 19.3. The van der Waals surface area contributed by atoms with E-state index in [4.69, 9.17) is 4.74 Å². The highest BCUT2D eigenvalue weighted by atomic mass is 32.2. The quantitative estimate of drug-likeness (QED) is 0.385. The lowest BCUT2D eigenvalue weighted by Crippen LogP contribution is -2.26. The van der Waals surface area contributed by atoms with Gasteiger partial charge in [0.25, 0.3) is 11.5 Å². The van der Waals surface area contributed by atoms with Crippen molar-refractivity contribution < 1.29 is 9.53 Å². The Morgan fingerprint density at radius 3 is 2.70 bits per heavy atom. The second kappa shape index (κ2) is 9.86. The Morgan fingerprint density at radius 2 is 1.94 bits per heavy atom. The first-order valence-corrected chi connectivity index (χ1v) is 11.3. The number of para-hydroxylation sites is 1. The van der Waals surface area contributed by atoms with Crippen molar-refractivity contribution in [2.45, 2.75) is 23.8 Å². The maximum Gasteiger partial charge on any atom is 0.258 e. The number of rotatable bonds is 8. The summed E-state index contributed by atoms with van der Waals surface area (Å²) in [7, 11) is 3.47. The van der Waals surface area contributed by atoms with Gasteiger partial charge in [-0.15, -0.1) is 10.2 Å². The Bertz CT molecular complexity index is 1330. The van der Waals surface area contributed by atoms with Gasteiger partial charge < -0.3 is 19.6 Å². The van der Waals surface area contributed by atoms with E-state index in [-0.39, 0.29) is 16.7 Å². The van der Waals surface area contributed by atoms with Gasteiger partial charge in [0.05, 0.1) is 23.3 Å². The molecule has 0 fully saturated rings. The molecule has 170 valence electrons. The maximum atomic E-state index is 12.4. The van der Waals surface area contributed by atoms with Gasteiger partial charge in [0.1, 0.15) is 17.4 Å². The van der Waals surface area contributed by atoms with Crippen LogP contribution in [0.1, 0.15) is 34.2 Å². The molecule has 0 bridgehead atoms. The Labute approximate surface area is 194 Å². The molecule has 2 aromatic heterocycles. The van der Waals surface area contributed by atoms with E-state index in [2.05, 4.69) is 25.5 Å². The minimum Gasteiger partial charge on any atom is -0.497 e. The lowest BCUT2D eigenvalue weighted by molar-refractivity contribution is 0.0954. The molecule has 1 amide bonds. The highest BCUT2D eigenvalue weighted by Crippen LogP contribution is 2.31. The first-order valence-electron chi connectivity index (χ1n) is 10.4. The number of amides is 1. The summed E-state index contributed by atoms with van der Waals surface area (Å²) >= 11 is 1.46. The first kappa shape index (κ1) is 22.5. The molecule has 0 saturated heterocycles. The zero-order valence-electron chi connectivity index (χ0n) is 18.5. The molecule has 1 atom stereocenters. The molecule has 33 heavy (non-hydrogen) atoms. The van der Waals surface area contributed by atoms with Crippen LogP contribution in [0.25, 0.3) is 10.9 Å². The smallest absolute Gasteiger partial charge is 0.258 e.